The molecule has 0 unspecified atom stereocenters. The van der Waals surface area contributed by atoms with Crippen LogP contribution in [0.4, 0.5) is 0 Å². The van der Waals surface area contributed by atoms with Gasteiger partial charge in [-0.1, -0.05) is 28.1 Å². The quantitative estimate of drug-likeness (QED) is 0.606. The van der Waals surface area contributed by atoms with Crippen LogP contribution >= 0.6 is 15.9 Å². The number of rotatable bonds is 5. The minimum Gasteiger partial charge on any atom is -0.491 e. The van der Waals surface area contributed by atoms with Gasteiger partial charge in [0.05, 0.1) is 12.2 Å². The Hall–Kier alpha value is -0.540. The molecule has 0 bridgehead atoms. The van der Waals surface area contributed by atoms with Crippen molar-refractivity contribution in [3.05, 3.63) is 29.8 Å². The van der Waals surface area contributed by atoms with Gasteiger partial charge < -0.3 is 9.47 Å². The van der Waals surface area contributed by atoms with E-state index in [0.29, 0.717) is 13.2 Å². The van der Waals surface area contributed by atoms with Gasteiger partial charge in [-0.2, -0.15) is 0 Å². The van der Waals surface area contributed by atoms with Crippen LogP contribution in [0, 0.1) is 0 Å². The smallest absolute Gasteiger partial charge is 0.119 e. The minimum absolute atomic E-state index is 0.0941. The van der Waals surface area contributed by atoms with Crippen LogP contribution in [0.5, 0.6) is 5.75 Å². The van der Waals surface area contributed by atoms with Crippen LogP contribution in [-0.2, 0) is 10.1 Å². The lowest BCUT2D eigenvalue weighted by molar-refractivity contribution is -0.0163. The van der Waals surface area contributed by atoms with Crippen molar-refractivity contribution in [3.63, 3.8) is 0 Å². The van der Waals surface area contributed by atoms with Crippen molar-refractivity contribution in [2.24, 2.45) is 0 Å². The van der Waals surface area contributed by atoms with Gasteiger partial charge in [-0.25, -0.2) is 0 Å². The summed E-state index contributed by atoms with van der Waals surface area (Å²) in [5, 5.41) is 0.875. The summed E-state index contributed by atoms with van der Waals surface area (Å²) in [6.45, 7) is 7.32. The van der Waals surface area contributed by atoms with Crippen LogP contribution in [0.15, 0.2) is 24.3 Å². The van der Waals surface area contributed by atoms with Crippen LogP contribution in [0.1, 0.15) is 26.3 Å². The lowest BCUT2D eigenvalue weighted by Crippen LogP contribution is -2.22. The van der Waals surface area contributed by atoms with Crippen LogP contribution in [0.25, 0.3) is 0 Å². The Balaban J connectivity index is 2.27. The number of ether oxygens (including phenoxy) is 2. The van der Waals surface area contributed by atoms with Gasteiger partial charge in [0, 0.05) is 5.33 Å². The average Bonchev–Trinajstić information content (AvgIpc) is 2.24. The van der Waals surface area contributed by atoms with E-state index in [9.17, 15) is 0 Å². The fraction of sp³-hybridized carbons (Fsp3) is 0.538. The number of hydrogen-bond acceptors (Lipinski definition) is 2. The third-order valence-electron chi connectivity index (χ3n) is 1.96. The van der Waals surface area contributed by atoms with Gasteiger partial charge in [0.25, 0.3) is 0 Å². The summed E-state index contributed by atoms with van der Waals surface area (Å²) in [6, 6.07) is 8.06. The van der Waals surface area contributed by atoms with Crippen molar-refractivity contribution < 1.29 is 9.47 Å². The molecule has 0 atom stereocenters. The van der Waals surface area contributed by atoms with E-state index in [-0.39, 0.29) is 5.60 Å². The number of alkyl halides is 1. The zero-order chi connectivity index (χ0) is 12.0. The maximum Gasteiger partial charge on any atom is 0.119 e. The summed E-state index contributed by atoms with van der Waals surface area (Å²) in [7, 11) is 0. The van der Waals surface area contributed by atoms with Gasteiger partial charge in [-0.15, -0.1) is 0 Å². The van der Waals surface area contributed by atoms with Crippen molar-refractivity contribution >= 4 is 15.9 Å². The zero-order valence-electron chi connectivity index (χ0n) is 10.1. The summed E-state index contributed by atoms with van der Waals surface area (Å²) in [5.41, 5.74) is 1.15. The Morgan fingerprint density at radius 3 is 2.19 bits per heavy atom. The van der Waals surface area contributed by atoms with Crippen LogP contribution in [0.3, 0.4) is 0 Å². The molecule has 0 saturated heterocycles. The Morgan fingerprint density at radius 2 is 1.69 bits per heavy atom. The maximum atomic E-state index is 5.56. The highest BCUT2D eigenvalue weighted by Gasteiger charge is 2.09. The zero-order valence-corrected chi connectivity index (χ0v) is 11.7. The Bertz CT molecular complexity index is 301. The largest absolute Gasteiger partial charge is 0.491 e. The molecular weight excluding hydrogens is 268 g/mol. The van der Waals surface area contributed by atoms with Gasteiger partial charge in [0.1, 0.15) is 12.4 Å². The third-order valence-corrected chi connectivity index (χ3v) is 2.61. The number of benzene rings is 1. The molecule has 0 saturated carbocycles. The molecule has 0 amide bonds. The van der Waals surface area contributed by atoms with Crippen LogP contribution in [0.2, 0.25) is 0 Å². The highest BCUT2D eigenvalue weighted by Crippen LogP contribution is 2.14. The van der Waals surface area contributed by atoms with E-state index in [2.05, 4.69) is 28.1 Å². The summed E-state index contributed by atoms with van der Waals surface area (Å²) in [5.74, 6) is 0.891. The average molecular weight is 287 g/mol. The second kappa shape index (κ2) is 6.26. The highest BCUT2D eigenvalue weighted by molar-refractivity contribution is 9.08. The van der Waals surface area contributed by atoms with Gasteiger partial charge in [-0.05, 0) is 38.5 Å². The standard InChI is InChI=1S/C13H19BrO2/c1-13(2,3)16-9-8-15-12-6-4-11(10-14)5-7-12/h4-7H,8-10H2,1-3H3. The number of halogens is 1. The van der Waals surface area contributed by atoms with Gasteiger partial charge in [-0.3, -0.25) is 0 Å². The molecular formula is C13H19BrO2. The lowest BCUT2D eigenvalue weighted by Gasteiger charge is -2.19. The van der Waals surface area contributed by atoms with E-state index in [1.807, 2.05) is 32.9 Å². The molecule has 0 radical (unpaired) electrons. The first-order chi connectivity index (χ1) is 7.51. The van der Waals surface area contributed by atoms with Gasteiger partial charge in [0.2, 0.25) is 0 Å². The molecule has 0 aliphatic rings. The first-order valence-corrected chi connectivity index (χ1v) is 6.55. The minimum atomic E-state index is -0.0941. The van der Waals surface area contributed by atoms with Crippen molar-refractivity contribution in [1.82, 2.24) is 0 Å². The van der Waals surface area contributed by atoms with E-state index in [4.69, 9.17) is 9.47 Å². The molecule has 0 aliphatic carbocycles. The molecule has 0 fully saturated rings. The maximum absolute atomic E-state index is 5.56. The van der Waals surface area contributed by atoms with Crippen molar-refractivity contribution in [1.29, 1.82) is 0 Å². The first-order valence-electron chi connectivity index (χ1n) is 5.43. The van der Waals surface area contributed by atoms with Gasteiger partial charge in [0.15, 0.2) is 0 Å². The third kappa shape index (κ3) is 5.52. The highest BCUT2D eigenvalue weighted by atomic mass is 79.9. The molecule has 0 aromatic heterocycles. The second-order valence-corrected chi connectivity index (χ2v) is 5.15. The Morgan fingerprint density at radius 1 is 1.06 bits per heavy atom. The summed E-state index contributed by atoms with van der Waals surface area (Å²) in [4.78, 5) is 0. The van der Waals surface area contributed by atoms with Crippen molar-refractivity contribution in [2.75, 3.05) is 13.2 Å². The number of hydrogen-bond donors (Lipinski definition) is 0. The van der Waals surface area contributed by atoms with Crippen molar-refractivity contribution in [2.45, 2.75) is 31.7 Å². The summed E-state index contributed by atoms with van der Waals surface area (Å²) >= 11 is 3.41. The van der Waals surface area contributed by atoms with Crippen LogP contribution < -0.4 is 4.74 Å². The monoisotopic (exact) mass is 286 g/mol. The SMILES string of the molecule is CC(C)(C)OCCOc1ccc(CBr)cc1. The summed E-state index contributed by atoms with van der Waals surface area (Å²) < 4.78 is 11.1. The predicted molar refractivity (Wildman–Crippen MR) is 70.3 cm³/mol. The van der Waals surface area contributed by atoms with E-state index < -0.39 is 0 Å². The lowest BCUT2D eigenvalue weighted by atomic mass is 10.2. The predicted octanol–water partition coefficient (Wildman–Crippen LogP) is 3.78. The molecule has 2 nitrogen and oxygen atoms in total. The molecule has 1 rings (SSSR count). The molecule has 0 spiro atoms. The van der Waals surface area contributed by atoms with E-state index in [1.54, 1.807) is 0 Å². The van der Waals surface area contributed by atoms with E-state index >= 15 is 0 Å². The topological polar surface area (TPSA) is 18.5 Å². The molecule has 3 heteroatoms. The fourth-order valence-electron chi connectivity index (χ4n) is 1.18. The molecule has 0 aliphatic heterocycles. The molecule has 1 aromatic rings. The first kappa shape index (κ1) is 13.5. The van der Waals surface area contributed by atoms with E-state index in [0.717, 1.165) is 11.1 Å². The molecule has 0 N–H and O–H groups in total. The van der Waals surface area contributed by atoms with Crippen LogP contribution in [-0.4, -0.2) is 18.8 Å². The second-order valence-electron chi connectivity index (χ2n) is 4.59. The fourth-order valence-corrected chi connectivity index (χ4v) is 1.56. The molecule has 90 valence electrons. The molecule has 16 heavy (non-hydrogen) atoms. The van der Waals surface area contributed by atoms with Crippen molar-refractivity contribution in [3.8, 4) is 5.75 Å². The normalized spacial score (nSPS) is 11.5. The van der Waals surface area contributed by atoms with Gasteiger partial charge >= 0.3 is 0 Å². The Kier molecular flexibility index (Phi) is 5.29. The summed E-state index contributed by atoms with van der Waals surface area (Å²) in [6.07, 6.45) is 0. The Labute approximate surface area is 106 Å². The molecule has 1 aromatic carbocycles. The molecule has 0 heterocycles. The van der Waals surface area contributed by atoms with E-state index in [1.165, 1.54) is 5.56 Å².